The highest BCUT2D eigenvalue weighted by molar-refractivity contribution is 5.95. The second-order valence-corrected chi connectivity index (χ2v) is 8.97. The molecule has 7 heteroatoms. The van der Waals surface area contributed by atoms with Crippen molar-refractivity contribution in [2.45, 2.75) is 20.8 Å². The molecule has 3 rings (SSSR count). The monoisotopic (exact) mass is 400 g/mol. The molecule has 29 heavy (non-hydrogen) atoms. The van der Waals surface area contributed by atoms with Gasteiger partial charge in [-0.1, -0.05) is 6.07 Å². The lowest BCUT2D eigenvalue weighted by Gasteiger charge is -2.32. The van der Waals surface area contributed by atoms with E-state index in [-0.39, 0.29) is 35.6 Å². The first kappa shape index (κ1) is 21.3. The van der Waals surface area contributed by atoms with Gasteiger partial charge in [-0.15, -0.1) is 0 Å². The average molecular weight is 401 g/mol. The van der Waals surface area contributed by atoms with Gasteiger partial charge in [0.1, 0.15) is 0 Å². The second-order valence-electron chi connectivity index (χ2n) is 8.97. The number of hydrogen-bond donors (Lipinski definition) is 1. The summed E-state index contributed by atoms with van der Waals surface area (Å²) in [6.45, 7) is 8.88. The number of fused-ring (bicyclic) bond motifs is 1. The molecule has 2 saturated heterocycles. The number of nitrogens with zero attached hydrogens (tertiary/aromatic N) is 3. The van der Waals surface area contributed by atoms with Crippen LogP contribution in [0.25, 0.3) is 0 Å². The third kappa shape index (κ3) is 4.45. The Hall–Kier alpha value is -2.41. The Labute approximate surface area is 173 Å². The van der Waals surface area contributed by atoms with E-state index in [1.165, 1.54) is 12.5 Å². The molecule has 158 valence electrons. The molecule has 0 saturated carbocycles. The van der Waals surface area contributed by atoms with Gasteiger partial charge in [0.05, 0.1) is 6.54 Å². The lowest BCUT2D eigenvalue weighted by atomic mass is 9.80. The maximum Gasteiger partial charge on any atom is 0.253 e. The summed E-state index contributed by atoms with van der Waals surface area (Å²) in [7, 11) is 4.06. The molecule has 1 N–H and O–H groups in total. The Kier molecular flexibility index (Phi) is 5.98. The van der Waals surface area contributed by atoms with Crippen molar-refractivity contribution < 1.29 is 14.4 Å². The third-order valence-electron chi connectivity index (χ3n) is 6.27. The van der Waals surface area contributed by atoms with Gasteiger partial charge in [-0.25, -0.2) is 0 Å². The molecule has 3 amide bonds. The first-order valence-electron chi connectivity index (χ1n) is 10.1. The number of carbonyl (C=O) groups excluding carboxylic acids is 3. The van der Waals surface area contributed by atoms with Gasteiger partial charge in [0.15, 0.2) is 0 Å². The molecule has 0 radical (unpaired) electrons. The quantitative estimate of drug-likeness (QED) is 0.797. The number of nitrogens with one attached hydrogen (secondary N) is 1. The van der Waals surface area contributed by atoms with Crippen LogP contribution in [0.2, 0.25) is 0 Å². The molecule has 2 unspecified atom stereocenters. The topological polar surface area (TPSA) is 73.0 Å². The van der Waals surface area contributed by atoms with Crippen LogP contribution < -0.4 is 5.32 Å². The molecular formula is C22H32N4O3. The van der Waals surface area contributed by atoms with Gasteiger partial charge in [0.2, 0.25) is 11.8 Å². The number of aryl methyl sites for hydroxylation is 2. The van der Waals surface area contributed by atoms with Gasteiger partial charge < -0.3 is 20.0 Å². The van der Waals surface area contributed by atoms with Crippen LogP contribution in [-0.2, 0) is 9.59 Å². The Balaban J connectivity index is 1.75. The highest BCUT2D eigenvalue weighted by Crippen LogP contribution is 2.43. The van der Waals surface area contributed by atoms with Crippen molar-refractivity contribution in [1.29, 1.82) is 0 Å². The van der Waals surface area contributed by atoms with Crippen LogP contribution in [-0.4, -0.2) is 85.8 Å². The predicted molar refractivity (Wildman–Crippen MR) is 112 cm³/mol. The smallest absolute Gasteiger partial charge is 0.253 e. The zero-order chi connectivity index (χ0) is 21.3. The van der Waals surface area contributed by atoms with Crippen LogP contribution in [0.5, 0.6) is 0 Å². The van der Waals surface area contributed by atoms with Crippen molar-refractivity contribution in [3.63, 3.8) is 0 Å². The minimum Gasteiger partial charge on any atom is -0.347 e. The zero-order valence-electron chi connectivity index (χ0n) is 18.1. The van der Waals surface area contributed by atoms with Crippen LogP contribution >= 0.6 is 0 Å². The Morgan fingerprint density at radius 3 is 2.38 bits per heavy atom. The predicted octanol–water partition coefficient (Wildman–Crippen LogP) is 0.902. The van der Waals surface area contributed by atoms with Crippen molar-refractivity contribution in [1.82, 2.24) is 20.0 Å². The fourth-order valence-corrected chi connectivity index (χ4v) is 4.75. The molecule has 1 aromatic carbocycles. The summed E-state index contributed by atoms with van der Waals surface area (Å²) in [6.07, 6.45) is 0. The van der Waals surface area contributed by atoms with Crippen molar-refractivity contribution >= 4 is 17.7 Å². The third-order valence-corrected chi connectivity index (χ3v) is 6.27. The van der Waals surface area contributed by atoms with Crippen LogP contribution in [0.3, 0.4) is 0 Å². The van der Waals surface area contributed by atoms with Crippen molar-refractivity contribution in [3.05, 3.63) is 34.9 Å². The summed E-state index contributed by atoms with van der Waals surface area (Å²) < 4.78 is 0. The first-order chi connectivity index (χ1) is 13.6. The van der Waals surface area contributed by atoms with E-state index in [1.54, 1.807) is 0 Å². The summed E-state index contributed by atoms with van der Waals surface area (Å²) >= 11 is 0. The van der Waals surface area contributed by atoms with Crippen LogP contribution in [0.4, 0.5) is 0 Å². The van der Waals surface area contributed by atoms with E-state index in [0.717, 1.165) is 17.7 Å². The fourth-order valence-electron chi connectivity index (χ4n) is 4.75. The standard InChI is InChI=1S/C22H32N4O3/c1-15-6-7-18(8-16(15)2)21(29)26-11-19-10-25(20(28)9-23-17(3)27)13-22(19,14-26)12-24(4)5/h6-8,19H,9-14H2,1-5H3,(H,23,27). The van der Waals surface area contributed by atoms with Gasteiger partial charge in [0.25, 0.3) is 5.91 Å². The van der Waals surface area contributed by atoms with Gasteiger partial charge in [-0.3, -0.25) is 14.4 Å². The van der Waals surface area contributed by atoms with Gasteiger partial charge in [0, 0.05) is 56.5 Å². The van der Waals surface area contributed by atoms with Gasteiger partial charge in [-0.05, 0) is 51.2 Å². The van der Waals surface area contributed by atoms with E-state index in [0.29, 0.717) is 26.2 Å². The van der Waals surface area contributed by atoms with E-state index in [2.05, 4.69) is 10.2 Å². The fraction of sp³-hybridized carbons (Fsp3) is 0.591. The summed E-state index contributed by atoms with van der Waals surface area (Å²) in [5, 5.41) is 2.59. The molecule has 0 aliphatic carbocycles. The number of amides is 3. The highest BCUT2D eigenvalue weighted by Gasteiger charge is 2.54. The summed E-state index contributed by atoms with van der Waals surface area (Å²) in [4.78, 5) is 42.8. The van der Waals surface area contributed by atoms with Crippen molar-refractivity contribution in [2.75, 3.05) is 53.4 Å². The lowest BCUT2D eigenvalue weighted by Crippen LogP contribution is -2.45. The molecule has 1 aromatic rings. The van der Waals surface area contributed by atoms with Crippen LogP contribution in [0.1, 0.15) is 28.4 Å². The van der Waals surface area contributed by atoms with Crippen molar-refractivity contribution in [2.24, 2.45) is 11.3 Å². The summed E-state index contributed by atoms with van der Waals surface area (Å²) in [5.41, 5.74) is 2.89. The van der Waals surface area contributed by atoms with Crippen molar-refractivity contribution in [3.8, 4) is 0 Å². The molecule has 0 spiro atoms. The Bertz CT molecular complexity index is 822. The highest BCUT2D eigenvalue weighted by atomic mass is 16.2. The Morgan fingerprint density at radius 1 is 1.10 bits per heavy atom. The van der Waals surface area contributed by atoms with E-state index in [1.807, 2.05) is 55.9 Å². The first-order valence-corrected chi connectivity index (χ1v) is 10.1. The van der Waals surface area contributed by atoms with E-state index in [9.17, 15) is 14.4 Å². The minimum absolute atomic E-state index is 0.0331. The molecule has 0 bridgehead atoms. The molecule has 7 nitrogen and oxygen atoms in total. The average Bonchev–Trinajstić information content (AvgIpc) is 3.14. The number of carbonyl (C=O) groups is 3. The lowest BCUT2D eigenvalue weighted by molar-refractivity contribution is -0.132. The van der Waals surface area contributed by atoms with Crippen LogP contribution in [0.15, 0.2) is 18.2 Å². The molecule has 2 aliphatic rings. The molecule has 2 fully saturated rings. The van der Waals surface area contributed by atoms with E-state index in [4.69, 9.17) is 0 Å². The number of likely N-dealkylation sites (tertiary alicyclic amines) is 2. The second kappa shape index (κ2) is 8.14. The molecule has 0 aromatic heterocycles. The SMILES string of the molecule is CC(=O)NCC(=O)N1CC2CN(C(=O)c3ccc(C)c(C)c3)CC2(CN(C)C)C1. The molecule has 2 aliphatic heterocycles. The molecule has 2 heterocycles. The van der Waals surface area contributed by atoms with E-state index >= 15 is 0 Å². The number of rotatable bonds is 5. The van der Waals surface area contributed by atoms with Gasteiger partial charge >= 0.3 is 0 Å². The van der Waals surface area contributed by atoms with Gasteiger partial charge in [-0.2, -0.15) is 0 Å². The summed E-state index contributed by atoms with van der Waals surface area (Å²) in [5.74, 6) is 0.0455. The summed E-state index contributed by atoms with van der Waals surface area (Å²) in [6, 6.07) is 5.87. The van der Waals surface area contributed by atoms with Crippen LogP contribution in [0, 0.1) is 25.2 Å². The van der Waals surface area contributed by atoms with E-state index < -0.39 is 0 Å². The normalized spacial score (nSPS) is 23.4. The maximum atomic E-state index is 13.1. The minimum atomic E-state index is -0.203. The maximum absolute atomic E-state index is 13.1. The zero-order valence-corrected chi connectivity index (χ0v) is 18.1. The molecule has 2 atom stereocenters. The number of benzene rings is 1. The largest absolute Gasteiger partial charge is 0.347 e. The molecular weight excluding hydrogens is 368 g/mol. The number of hydrogen-bond acceptors (Lipinski definition) is 4. The Morgan fingerprint density at radius 2 is 1.76 bits per heavy atom.